The number of amides is 1. The smallest absolute Gasteiger partial charge is 0.293 e. The molecule has 1 heterocycles. The monoisotopic (exact) mass is 252 g/mol. The molecule has 17 heavy (non-hydrogen) atoms. The number of rotatable bonds is 3. The zero-order chi connectivity index (χ0) is 12.4. The molecule has 0 spiro atoms. The van der Waals surface area contributed by atoms with Crippen LogP contribution in [0.2, 0.25) is 5.35 Å². The molecule has 4 nitrogen and oxygen atoms in total. The molecule has 0 aliphatic heterocycles. The van der Waals surface area contributed by atoms with Gasteiger partial charge in [-0.3, -0.25) is 4.79 Å². The van der Waals surface area contributed by atoms with Crippen molar-refractivity contribution in [2.75, 3.05) is 0 Å². The van der Waals surface area contributed by atoms with Gasteiger partial charge in [0.05, 0.1) is 0 Å². The maximum Gasteiger partial charge on any atom is 0.293 e. The summed E-state index contributed by atoms with van der Waals surface area (Å²) in [5, 5.41) is 2.97. The molecule has 0 fully saturated rings. The lowest BCUT2D eigenvalue weighted by Gasteiger charge is -2.10. The molecule has 0 radical (unpaired) electrons. The van der Waals surface area contributed by atoms with Gasteiger partial charge in [0.2, 0.25) is 0 Å². The highest BCUT2D eigenvalue weighted by Gasteiger charge is 2.11. The molecule has 0 bridgehead atoms. The highest BCUT2D eigenvalue weighted by Crippen LogP contribution is 2.20. The first-order chi connectivity index (χ1) is 8.10. The van der Waals surface area contributed by atoms with E-state index >= 15 is 0 Å². The van der Waals surface area contributed by atoms with Crippen molar-refractivity contribution in [1.82, 2.24) is 10.3 Å². The third-order valence-electron chi connectivity index (χ3n) is 2.61. The quantitative estimate of drug-likeness (QED) is 0.914. The number of aromatic nitrogens is 1. The molecule has 90 valence electrons. The van der Waals surface area contributed by atoms with Gasteiger partial charge in [0.25, 0.3) is 11.3 Å². The summed E-state index contributed by atoms with van der Waals surface area (Å²) < 4.78 is 5.16. The molecular formula is C12H13ClN2O2. The Balaban J connectivity index is 2.26. The number of hydrogen-bond donors (Lipinski definition) is 1. The Kier molecular flexibility index (Phi) is 3.33. The summed E-state index contributed by atoms with van der Waals surface area (Å²) in [5.74, 6) is -0.117. The molecule has 0 saturated heterocycles. The predicted molar refractivity (Wildman–Crippen MR) is 66.2 cm³/mol. The maximum atomic E-state index is 11.9. The van der Waals surface area contributed by atoms with Gasteiger partial charge in [-0.25, -0.2) is 0 Å². The van der Waals surface area contributed by atoms with Crippen molar-refractivity contribution in [1.29, 1.82) is 0 Å². The molecule has 1 aromatic carbocycles. The van der Waals surface area contributed by atoms with Crippen molar-refractivity contribution in [2.45, 2.75) is 26.3 Å². The van der Waals surface area contributed by atoms with Gasteiger partial charge in [-0.2, -0.15) is 4.98 Å². The molecular weight excluding hydrogens is 240 g/mol. The minimum atomic E-state index is -0.117. The van der Waals surface area contributed by atoms with Gasteiger partial charge in [0.1, 0.15) is 5.52 Å². The summed E-state index contributed by atoms with van der Waals surface area (Å²) in [6.07, 6.45) is 0.891. The molecule has 0 unspecified atom stereocenters. The van der Waals surface area contributed by atoms with Gasteiger partial charge in [0, 0.05) is 11.6 Å². The van der Waals surface area contributed by atoms with Gasteiger partial charge in [0.15, 0.2) is 5.58 Å². The van der Waals surface area contributed by atoms with E-state index in [4.69, 9.17) is 16.0 Å². The van der Waals surface area contributed by atoms with E-state index in [1.54, 1.807) is 18.2 Å². The van der Waals surface area contributed by atoms with Crippen LogP contribution in [0.1, 0.15) is 30.6 Å². The van der Waals surface area contributed by atoms with Crippen LogP contribution in [-0.4, -0.2) is 16.9 Å². The summed E-state index contributed by atoms with van der Waals surface area (Å²) in [7, 11) is 0. The SMILES string of the molecule is CC[C@H](C)NC(=O)c1ccc2nc(Cl)oc2c1. The van der Waals surface area contributed by atoms with Gasteiger partial charge in [-0.1, -0.05) is 6.92 Å². The van der Waals surface area contributed by atoms with E-state index in [1.807, 2.05) is 13.8 Å². The van der Waals surface area contributed by atoms with Crippen LogP contribution < -0.4 is 5.32 Å². The summed E-state index contributed by atoms with van der Waals surface area (Å²) >= 11 is 5.64. The fourth-order valence-electron chi connectivity index (χ4n) is 1.45. The number of carbonyl (C=O) groups excluding carboxylic acids is 1. The number of hydrogen-bond acceptors (Lipinski definition) is 3. The summed E-state index contributed by atoms with van der Waals surface area (Å²) in [4.78, 5) is 15.8. The molecule has 2 aromatic rings. The Morgan fingerprint density at radius 2 is 2.35 bits per heavy atom. The molecule has 1 amide bonds. The summed E-state index contributed by atoms with van der Waals surface area (Å²) in [5.41, 5.74) is 1.72. The van der Waals surface area contributed by atoms with Crippen LogP contribution in [-0.2, 0) is 0 Å². The topological polar surface area (TPSA) is 55.1 Å². The molecule has 1 aromatic heterocycles. The molecule has 0 aliphatic carbocycles. The standard InChI is InChI=1S/C12H13ClN2O2/c1-3-7(2)14-11(16)8-4-5-9-10(6-8)17-12(13)15-9/h4-7H,3H2,1-2H3,(H,14,16)/t7-/m0/s1. The van der Waals surface area contributed by atoms with E-state index in [1.165, 1.54) is 0 Å². The number of nitrogens with one attached hydrogen (secondary N) is 1. The van der Waals surface area contributed by atoms with Gasteiger partial charge < -0.3 is 9.73 Å². The Labute approximate surface area is 104 Å². The number of carbonyl (C=O) groups is 1. The largest absolute Gasteiger partial charge is 0.428 e. The minimum Gasteiger partial charge on any atom is -0.428 e. The Hall–Kier alpha value is -1.55. The first-order valence-electron chi connectivity index (χ1n) is 5.47. The van der Waals surface area contributed by atoms with Crippen molar-refractivity contribution in [3.8, 4) is 0 Å². The number of halogens is 1. The number of oxazole rings is 1. The highest BCUT2D eigenvalue weighted by atomic mass is 35.5. The number of benzene rings is 1. The van der Waals surface area contributed by atoms with Crippen molar-refractivity contribution >= 4 is 28.6 Å². The third kappa shape index (κ3) is 2.58. The second-order valence-corrected chi connectivity index (χ2v) is 4.26. The maximum absolute atomic E-state index is 11.9. The van der Waals surface area contributed by atoms with E-state index in [2.05, 4.69) is 10.3 Å². The highest BCUT2D eigenvalue weighted by molar-refractivity contribution is 6.28. The van der Waals surface area contributed by atoms with Crippen LogP contribution >= 0.6 is 11.6 Å². The van der Waals surface area contributed by atoms with Crippen LogP contribution in [0.5, 0.6) is 0 Å². The number of nitrogens with zero attached hydrogens (tertiary/aromatic N) is 1. The van der Waals surface area contributed by atoms with Gasteiger partial charge in [-0.15, -0.1) is 0 Å². The van der Waals surface area contributed by atoms with E-state index in [-0.39, 0.29) is 17.3 Å². The van der Waals surface area contributed by atoms with Crippen LogP contribution in [0.4, 0.5) is 0 Å². The lowest BCUT2D eigenvalue weighted by Crippen LogP contribution is -2.31. The molecule has 5 heteroatoms. The predicted octanol–water partition coefficient (Wildman–Crippen LogP) is 3.01. The lowest BCUT2D eigenvalue weighted by molar-refractivity contribution is 0.0939. The fraction of sp³-hybridized carbons (Fsp3) is 0.333. The van der Waals surface area contributed by atoms with Crippen molar-refractivity contribution < 1.29 is 9.21 Å². The van der Waals surface area contributed by atoms with Crippen molar-refractivity contribution in [3.05, 3.63) is 29.1 Å². The lowest BCUT2D eigenvalue weighted by atomic mass is 10.1. The van der Waals surface area contributed by atoms with E-state index in [0.717, 1.165) is 6.42 Å². The summed E-state index contributed by atoms with van der Waals surface area (Å²) in [6, 6.07) is 5.22. The Morgan fingerprint density at radius 3 is 3.06 bits per heavy atom. The van der Waals surface area contributed by atoms with E-state index in [9.17, 15) is 4.79 Å². The second-order valence-electron chi connectivity index (χ2n) is 3.93. The van der Waals surface area contributed by atoms with Crippen LogP contribution in [0, 0.1) is 0 Å². The molecule has 0 aliphatic rings. The molecule has 1 N–H and O–H groups in total. The van der Waals surface area contributed by atoms with Crippen molar-refractivity contribution in [2.24, 2.45) is 0 Å². The minimum absolute atomic E-state index is 0.0829. The van der Waals surface area contributed by atoms with Gasteiger partial charge >= 0.3 is 0 Å². The average Bonchev–Trinajstić information content (AvgIpc) is 2.67. The van der Waals surface area contributed by atoms with E-state index < -0.39 is 0 Å². The fourth-order valence-corrected chi connectivity index (χ4v) is 1.62. The molecule has 1 atom stereocenters. The number of fused-ring (bicyclic) bond motifs is 1. The molecule has 2 rings (SSSR count). The zero-order valence-electron chi connectivity index (χ0n) is 9.66. The van der Waals surface area contributed by atoms with Crippen LogP contribution in [0.3, 0.4) is 0 Å². The first kappa shape index (κ1) is 11.9. The van der Waals surface area contributed by atoms with Crippen LogP contribution in [0.15, 0.2) is 22.6 Å². The normalized spacial score (nSPS) is 12.6. The zero-order valence-corrected chi connectivity index (χ0v) is 10.4. The summed E-state index contributed by atoms with van der Waals surface area (Å²) in [6.45, 7) is 3.98. The first-order valence-corrected chi connectivity index (χ1v) is 5.85. The Morgan fingerprint density at radius 1 is 1.59 bits per heavy atom. The van der Waals surface area contributed by atoms with E-state index in [0.29, 0.717) is 16.7 Å². The molecule has 0 saturated carbocycles. The Bertz CT molecular complexity index is 550. The third-order valence-corrected chi connectivity index (χ3v) is 2.78. The van der Waals surface area contributed by atoms with Gasteiger partial charge in [-0.05, 0) is 43.1 Å². The second kappa shape index (κ2) is 4.75. The van der Waals surface area contributed by atoms with Crippen LogP contribution in [0.25, 0.3) is 11.1 Å². The average molecular weight is 253 g/mol. The van der Waals surface area contributed by atoms with Crippen molar-refractivity contribution in [3.63, 3.8) is 0 Å².